The summed E-state index contributed by atoms with van der Waals surface area (Å²) in [4.78, 5) is 8.88. The molecular formula is C18H22FIN4O2Si. The van der Waals surface area contributed by atoms with Crippen LogP contribution in [0.3, 0.4) is 0 Å². The van der Waals surface area contributed by atoms with E-state index in [2.05, 4.69) is 57.3 Å². The fourth-order valence-electron chi connectivity index (χ4n) is 2.56. The second-order valence-corrected chi connectivity index (χ2v) is 14.0. The largest absolute Gasteiger partial charge is 0.496 e. The molecule has 3 aromatic rings. The Balaban J connectivity index is 1.89. The van der Waals surface area contributed by atoms with E-state index in [1.165, 1.54) is 13.2 Å². The van der Waals surface area contributed by atoms with Gasteiger partial charge in [-0.2, -0.15) is 5.10 Å². The van der Waals surface area contributed by atoms with Gasteiger partial charge in [0.15, 0.2) is 5.82 Å². The number of hydrogen-bond acceptors (Lipinski definition) is 5. The zero-order valence-electron chi connectivity index (χ0n) is 15.8. The van der Waals surface area contributed by atoms with Crippen molar-refractivity contribution in [2.24, 2.45) is 0 Å². The predicted molar refractivity (Wildman–Crippen MR) is 114 cm³/mol. The van der Waals surface area contributed by atoms with Crippen LogP contribution in [0.4, 0.5) is 4.39 Å². The third-order valence-electron chi connectivity index (χ3n) is 4.08. The highest BCUT2D eigenvalue weighted by Crippen LogP contribution is 2.31. The number of halogens is 2. The SMILES string of the molecule is COc1cccc(F)c1-c1ncc2c(n1)c(I)nn2COCC[Si](C)(C)C. The Hall–Kier alpha value is -1.59. The lowest BCUT2D eigenvalue weighted by Gasteiger charge is -2.15. The Bertz CT molecular complexity index is 958. The predicted octanol–water partition coefficient (Wildman–Crippen LogP) is 4.56. The summed E-state index contributed by atoms with van der Waals surface area (Å²) in [5, 5.41) is 4.49. The molecule has 6 nitrogen and oxygen atoms in total. The molecule has 3 rings (SSSR count). The first kappa shape index (κ1) is 20.1. The van der Waals surface area contributed by atoms with Gasteiger partial charge in [0, 0.05) is 14.7 Å². The second-order valence-electron chi connectivity index (χ2n) is 7.38. The number of hydrogen-bond donors (Lipinski definition) is 0. The number of fused-ring (bicyclic) bond motifs is 1. The lowest BCUT2D eigenvalue weighted by atomic mass is 10.1. The van der Waals surface area contributed by atoms with Crippen molar-refractivity contribution in [3.8, 4) is 17.1 Å². The molecule has 2 heterocycles. The van der Waals surface area contributed by atoms with Crippen LogP contribution in [-0.4, -0.2) is 41.5 Å². The van der Waals surface area contributed by atoms with Crippen molar-refractivity contribution in [1.29, 1.82) is 0 Å². The summed E-state index contributed by atoms with van der Waals surface area (Å²) in [7, 11) is 0.365. The van der Waals surface area contributed by atoms with Crippen molar-refractivity contribution < 1.29 is 13.9 Å². The van der Waals surface area contributed by atoms with Crippen LogP contribution in [0, 0.1) is 9.52 Å². The second kappa shape index (κ2) is 8.19. The minimum atomic E-state index is -1.13. The molecule has 0 aliphatic carbocycles. The minimum absolute atomic E-state index is 0.247. The maximum atomic E-state index is 14.3. The summed E-state index contributed by atoms with van der Waals surface area (Å²) < 4.78 is 27.8. The highest BCUT2D eigenvalue weighted by molar-refractivity contribution is 14.1. The van der Waals surface area contributed by atoms with Gasteiger partial charge in [-0.05, 0) is 40.8 Å². The third kappa shape index (κ3) is 4.64. The zero-order valence-corrected chi connectivity index (χ0v) is 18.9. The maximum Gasteiger partial charge on any atom is 0.166 e. The number of nitrogens with zero attached hydrogens (tertiary/aromatic N) is 4. The molecule has 0 unspecified atom stereocenters. The normalized spacial score (nSPS) is 11.9. The monoisotopic (exact) mass is 500 g/mol. The van der Waals surface area contributed by atoms with Crippen LogP contribution in [0.2, 0.25) is 25.7 Å². The lowest BCUT2D eigenvalue weighted by molar-refractivity contribution is 0.0814. The first-order chi connectivity index (χ1) is 12.8. The summed E-state index contributed by atoms with van der Waals surface area (Å²) >= 11 is 2.12. The highest BCUT2D eigenvalue weighted by atomic mass is 127. The van der Waals surface area contributed by atoms with Gasteiger partial charge >= 0.3 is 0 Å². The van der Waals surface area contributed by atoms with E-state index in [1.54, 1.807) is 23.0 Å². The molecule has 0 saturated carbocycles. The Morgan fingerprint density at radius 3 is 2.74 bits per heavy atom. The first-order valence-electron chi connectivity index (χ1n) is 8.60. The van der Waals surface area contributed by atoms with Gasteiger partial charge < -0.3 is 9.47 Å². The van der Waals surface area contributed by atoms with Crippen molar-refractivity contribution in [2.45, 2.75) is 32.4 Å². The van der Waals surface area contributed by atoms with E-state index in [1.807, 2.05) is 0 Å². The maximum absolute atomic E-state index is 14.3. The Kier molecular flexibility index (Phi) is 6.11. The number of benzene rings is 1. The molecule has 0 bridgehead atoms. The summed E-state index contributed by atoms with van der Waals surface area (Å²) in [6.45, 7) is 7.99. The molecule has 0 saturated heterocycles. The van der Waals surface area contributed by atoms with Gasteiger partial charge in [0.25, 0.3) is 0 Å². The number of methoxy groups -OCH3 is 1. The third-order valence-corrected chi connectivity index (χ3v) is 6.51. The fourth-order valence-corrected chi connectivity index (χ4v) is 3.98. The molecule has 0 N–H and O–H groups in total. The van der Waals surface area contributed by atoms with Crippen molar-refractivity contribution in [2.75, 3.05) is 13.7 Å². The summed E-state index contributed by atoms with van der Waals surface area (Å²) in [5.41, 5.74) is 1.67. The van der Waals surface area contributed by atoms with E-state index in [9.17, 15) is 4.39 Å². The van der Waals surface area contributed by atoms with Crippen LogP contribution < -0.4 is 4.74 Å². The summed E-state index contributed by atoms with van der Waals surface area (Å²) in [5.74, 6) is 0.242. The average Bonchev–Trinajstić information content (AvgIpc) is 2.93. The standard InChI is InChI=1S/C18H22FIN4O2Si/c1-25-14-7-5-6-12(19)15(14)18-21-10-13-16(22-18)17(20)23-24(13)11-26-8-9-27(2,3)4/h5-7,10H,8-9,11H2,1-4H3. The Labute approximate surface area is 172 Å². The molecule has 1 aromatic carbocycles. The first-order valence-corrected chi connectivity index (χ1v) is 13.4. The molecule has 27 heavy (non-hydrogen) atoms. The molecular weight excluding hydrogens is 478 g/mol. The molecule has 0 aliphatic rings. The Morgan fingerprint density at radius 2 is 2.04 bits per heavy atom. The molecule has 0 spiro atoms. The summed E-state index contributed by atoms with van der Waals surface area (Å²) in [6, 6.07) is 5.74. The van der Waals surface area contributed by atoms with Crippen LogP contribution in [0.1, 0.15) is 0 Å². The van der Waals surface area contributed by atoms with E-state index >= 15 is 0 Å². The molecule has 0 aliphatic heterocycles. The van der Waals surface area contributed by atoms with E-state index in [4.69, 9.17) is 9.47 Å². The summed E-state index contributed by atoms with van der Waals surface area (Å²) in [6.07, 6.45) is 1.65. The van der Waals surface area contributed by atoms with Crippen LogP contribution >= 0.6 is 22.6 Å². The van der Waals surface area contributed by atoms with E-state index in [0.29, 0.717) is 24.6 Å². The van der Waals surface area contributed by atoms with Gasteiger partial charge in [-0.3, -0.25) is 0 Å². The van der Waals surface area contributed by atoms with Crippen molar-refractivity contribution >= 4 is 41.7 Å². The zero-order chi connectivity index (χ0) is 19.6. The van der Waals surface area contributed by atoms with E-state index in [0.717, 1.165) is 15.3 Å². The number of ether oxygens (including phenoxy) is 2. The molecule has 0 amide bonds. The fraction of sp³-hybridized carbons (Fsp3) is 0.389. The van der Waals surface area contributed by atoms with Crippen molar-refractivity contribution in [3.05, 3.63) is 33.9 Å². The van der Waals surface area contributed by atoms with E-state index in [-0.39, 0.29) is 11.4 Å². The molecule has 2 aromatic heterocycles. The van der Waals surface area contributed by atoms with Gasteiger partial charge in [0.05, 0.1) is 18.9 Å². The topological polar surface area (TPSA) is 62.1 Å². The number of aromatic nitrogens is 4. The molecule has 0 atom stereocenters. The van der Waals surface area contributed by atoms with Gasteiger partial charge in [0.1, 0.15) is 33.0 Å². The highest BCUT2D eigenvalue weighted by Gasteiger charge is 2.18. The molecule has 144 valence electrons. The smallest absolute Gasteiger partial charge is 0.166 e. The van der Waals surface area contributed by atoms with Crippen molar-refractivity contribution in [1.82, 2.24) is 19.7 Å². The lowest BCUT2D eigenvalue weighted by Crippen LogP contribution is -2.22. The van der Waals surface area contributed by atoms with Gasteiger partial charge in [-0.15, -0.1) is 0 Å². The Morgan fingerprint density at radius 1 is 1.26 bits per heavy atom. The number of rotatable bonds is 7. The van der Waals surface area contributed by atoms with Crippen LogP contribution in [0.5, 0.6) is 5.75 Å². The molecule has 0 fully saturated rings. The van der Waals surface area contributed by atoms with Crippen LogP contribution in [-0.2, 0) is 11.5 Å². The molecule has 9 heteroatoms. The van der Waals surface area contributed by atoms with Crippen LogP contribution in [0.25, 0.3) is 22.4 Å². The molecule has 0 radical (unpaired) electrons. The minimum Gasteiger partial charge on any atom is -0.496 e. The van der Waals surface area contributed by atoms with Gasteiger partial charge in [0.2, 0.25) is 0 Å². The van der Waals surface area contributed by atoms with Gasteiger partial charge in [-0.1, -0.05) is 25.7 Å². The quantitative estimate of drug-likeness (QED) is 0.271. The van der Waals surface area contributed by atoms with Crippen LogP contribution in [0.15, 0.2) is 24.4 Å². The van der Waals surface area contributed by atoms with Gasteiger partial charge in [-0.25, -0.2) is 19.0 Å². The van der Waals surface area contributed by atoms with E-state index < -0.39 is 13.9 Å². The average molecular weight is 500 g/mol. The van der Waals surface area contributed by atoms with Crippen molar-refractivity contribution in [3.63, 3.8) is 0 Å².